The maximum atomic E-state index is 12.9. The van der Waals surface area contributed by atoms with Crippen molar-refractivity contribution in [2.24, 2.45) is 0 Å². The number of benzene rings is 2. The third kappa shape index (κ3) is 4.41. The second-order valence-corrected chi connectivity index (χ2v) is 7.46. The van der Waals surface area contributed by atoms with Crippen LogP contribution in [0.25, 0.3) is 0 Å². The van der Waals surface area contributed by atoms with Gasteiger partial charge in [-0.05, 0) is 35.9 Å². The average Bonchev–Trinajstić information content (AvgIpc) is 3.28. The Morgan fingerprint density at radius 3 is 2.60 bits per heavy atom. The zero-order chi connectivity index (χ0) is 21.1. The van der Waals surface area contributed by atoms with E-state index in [0.717, 1.165) is 37.4 Å². The number of rotatable bonds is 5. The Morgan fingerprint density at radius 1 is 1.07 bits per heavy atom. The molecule has 3 aromatic rings. The van der Waals surface area contributed by atoms with E-state index in [9.17, 15) is 18.0 Å². The Labute approximate surface area is 172 Å². The number of quaternary nitrogens is 1. The third-order valence-corrected chi connectivity index (χ3v) is 5.55. The normalized spacial score (nSPS) is 17.2. The molecule has 1 unspecified atom stereocenters. The third-order valence-electron chi connectivity index (χ3n) is 5.55. The highest BCUT2D eigenvalue weighted by Crippen LogP contribution is 2.29. The summed E-state index contributed by atoms with van der Waals surface area (Å²) >= 11 is 0. The van der Waals surface area contributed by atoms with Gasteiger partial charge in [0.15, 0.2) is 11.8 Å². The number of furan rings is 1. The summed E-state index contributed by atoms with van der Waals surface area (Å²) in [5, 5.41) is 2.80. The molecule has 2 atom stereocenters. The van der Waals surface area contributed by atoms with Crippen LogP contribution in [0.1, 0.15) is 38.9 Å². The van der Waals surface area contributed by atoms with E-state index in [4.69, 9.17) is 4.42 Å². The van der Waals surface area contributed by atoms with Crippen LogP contribution < -0.4 is 10.2 Å². The summed E-state index contributed by atoms with van der Waals surface area (Å²) in [6.07, 6.45) is -1.98. The maximum Gasteiger partial charge on any atom is 0.416 e. The van der Waals surface area contributed by atoms with Crippen LogP contribution in [0.3, 0.4) is 0 Å². The molecule has 1 aromatic heterocycles. The fraction of sp³-hybridized carbons (Fsp3) is 0.261. The Bertz CT molecular complexity index is 1020. The second kappa shape index (κ2) is 8.36. The van der Waals surface area contributed by atoms with Crippen molar-refractivity contribution in [3.05, 3.63) is 94.9 Å². The summed E-state index contributed by atoms with van der Waals surface area (Å²) in [6.45, 7) is 1.93. The van der Waals surface area contributed by atoms with Crippen LogP contribution in [0, 0.1) is 0 Å². The zero-order valence-electron chi connectivity index (χ0n) is 16.2. The van der Waals surface area contributed by atoms with E-state index >= 15 is 0 Å². The van der Waals surface area contributed by atoms with Crippen LogP contribution in [0.4, 0.5) is 13.2 Å². The molecule has 1 aliphatic heterocycles. The molecule has 2 N–H and O–H groups in total. The number of hydrogen-bond acceptors (Lipinski definition) is 2. The predicted octanol–water partition coefficient (Wildman–Crippen LogP) is 3.41. The molecule has 4 rings (SSSR count). The number of amides is 1. The Morgan fingerprint density at radius 2 is 1.87 bits per heavy atom. The molecule has 0 bridgehead atoms. The van der Waals surface area contributed by atoms with E-state index in [1.807, 2.05) is 18.2 Å². The van der Waals surface area contributed by atoms with Gasteiger partial charge in [0.05, 0.1) is 24.9 Å². The van der Waals surface area contributed by atoms with Gasteiger partial charge in [-0.15, -0.1) is 0 Å². The summed E-state index contributed by atoms with van der Waals surface area (Å²) in [5.74, 6) is 0.211. The number of carbonyl (C=O) groups excluding carboxylic acids is 1. The van der Waals surface area contributed by atoms with Crippen molar-refractivity contribution < 1.29 is 27.3 Å². The highest BCUT2D eigenvalue weighted by Gasteiger charge is 2.32. The van der Waals surface area contributed by atoms with E-state index in [0.29, 0.717) is 0 Å². The van der Waals surface area contributed by atoms with Crippen LogP contribution in [0.2, 0.25) is 0 Å². The van der Waals surface area contributed by atoms with Gasteiger partial charge in [-0.3, -0.25) is 4.79 Å². The molecule has 0 spiro atoms. The standard InChI is InChI=1S/C23H21F3N2O2/c24-23(25,26)19-8-3-7-17(13-19)22(29)27-14-20(21-9-4-12-30-21)28-11-10-16-5-1-2-6-18(16)15-28/h1-9,12-13,20H,10-11,14-15H2,(H,27,29)/p+1/t20-/m0/s1. The summed E-state index contributed by atoms with van der Waals surface area (Å²) in [7, 11) is 0. The van der Waals surface area contributed by atoms with Crippen LogP contribution >= 0.6 is 0 Å². The first-order valence-electron chi connectivity index (χ1n) is 9.82. The molecular formula is C23H22F3N2O2+. The fourth-order valence-corrected chi connectivity index (χ4v) is 3.97. The van der Waals surface area contributed by atoms with Crippen molar-refractivity contribution in [3.63, 3.8) is 0 Å². The van der Waals surface area contributed by atoms with E-state index < -0.39 is 17.6 Å². The van der Waals surface area contributed by atoms with Gasteiger partial charge in [0.2, 0.25) is 0 Å². The van der Waals surface area contributed by atoms with Crippen molar-refractivity contribution in [1.29, 1.82) is 0 Å². The van der Waals surface area contributed by atoms with Gasteiger partial charge in [-0.25, -0.2) is 0 Å². The lowest BCUT2D eigenvalue weighted by Crippen LogP contribution is -3.12. The SMILES string of the molecule is O=C(NC[C@@H](c1ccco1)[NH+]1CCc2ccccc2C1)c1cccc(C(F)(F)F)c1. The van der Waals surface area contributed by atoms with Crippen LogP contribution in [0.15, 0.2) is 71.3 Å². The first kappa shape index (κ1) is 20.2. The van der Waals surface area contributed by atoms with Crippen molar-refractivity contribution in [3.8, 4) is 0 Å². The Hall–Kier alpha value is -3.06. The molecule has 2 aromatic carbocycles. The summed E-state index contributed by atoms with van der Waals surface area (Å²) in [5.41, 5.74) is 1.74. The smallest absolute Gasteiger partial charge is 0.416 e. The monoisotopic (exact) mass is 415 g/mol. The molecule has 7 heteroatoms. The first-order valence-corrected chi connectivity index (χ1v) is 9.82. The molecule has 1 amide bonds. The van der Waals surface area contributed by atoms with E-state index in [1.54, 1.807) is 12.3 Å². The lowest BCUT2D eigenvalue weighted by Gasteiger charge is -2.31. The van der Waals surface area contributed by atoms with Gasteiger partial charge >= 0.3 is 6.18 Å². The molecule has 4 nitrogen and oxygen atoms in total. The lowest BCUT2D eigenvalue weighted by molar-refractivity contribution is -0.946. The minimum absolute atomic E-state index is 0.0120. The lowest BCUT2D eigenvalue weighted by atomic mass is 9.98. The molecule has 0 aliphatic carbocycles. The van der Waals surface area contributed by atoms with Gasteiger partial charge in [0.25, 0.3) is 5.91 Å². The molecule has 30 heavy (non-hydrogen) atoms. The van der Waals surface area contributed by atoms with Gasteiger partial charge in [-0.2, -0.15) is 13.2 Å². The number of fused-ring (bicyclic) bond motifs is 1. The highest BCUT2D eigenvalue weighted by molar-refractivity contribution is 5.94. The van der Waals surface area contributed by atoms with Crippen LogP contribution in [-0.2, 0) is 19.1 Å². The van der Waals surface area contributed by atoms with Crippen molar-refractivity contribution in [2.75, 3.05) is 13.1 Å². The number of carbonyl (C=O) groups is 1. The highest BCUT2D eigenvalue weighted by atomic mass is 19.4. The minimum atomic E-state index is -4.49. The Kier molecular flexibility index (Phi) is 5.63. The Balaban J connectivity index is 1.50. The van der Waals surface area contributed by atoms with E-state index in [-0.39, 0.29) is 18.2 Å². The van der Waals surface area contributed by atoms with Crippen LogP contribution in [0.5, 0.6) is 0 Å². The van der Waals surface area contributed by atoms with Crippen molar-refractivity contribution in [1.82, 2.24) is 5.32 Å². The predicted molar refractivity (Wildman–Crippen MR) is 105 cm³/mol. The summed E-state index contributed by atoms with van der Waals surface area (Å²) < 4.78 is 44.5. The number of nitrogens with one attached hydrogen (secondary N) is 2. The number of halogens is 3. The maximum absolute atomic E-state index is 12.9. The summed E-state index contributed by atoms with van der Waals surface area (Å²) in [4.78, 5) is 13.8. The first-order chi connectivity index (χ1) is 14.4. The van der Waals surface area contributed by atoms with Gasteiger partial charge < -0.3 is 14.6 Å². The average molecular weight is 415 g/mol. The van der Waals surface area contributed by atoms with E-state index in [2.05, 4.69) is 17.4 Å². The second-order valence-electron chi connectivity index (χ2n) is 7.46. The molecule has 0 fully saturated rings. The molecule has 0 saturated carbocycles. The molecule has 2 heterocycles. The zero-order valence-corrected chi connectivity index (χ0v) is 16.2. The van der Waals surface area contributed by atoms with Crippen LogP contribution in [-0.4, -0.2) is 19.0 Å². The van der Waals surface area contributed by atoms with Gasteiger partial charge in [0.1, 0.15) is 6.54 Å². The molecule has 156 valence electrons. The van der Waals surface area contributed by atoms with E-state index in [1.165, 1.54) is 28.2 Å². The molecule has 0 saturated heterocycles. The number of hydrogen-bond donors (Lipinski definition) is 2. The van der Waals surface area contributed by atoms with Crippen molar-refractivity contribution in [2.45, 2.75) is 25.2 Å². The fourth-order valence-electron chi connectivity index (χ4n) is 3.97. The quantitative estimate of drug-likeness (QED) is 0.671. The molecule has 1 aliphatic rings. The van der Waals surface area contributed by atoms with Gasteiger partial charge in [-0.1, -0.05) is 30.3 Å². The summed E-state index contributed by atoms with van der Waals surface area (Å²) in [6, 6.07) is 16.3. The minimum Gasteiger partial charge on any atom is -0.463 e. The van der Waals surface area contributed by atoms with Gasteiger partial charge in [0, 0.05) is 17.5 Å². The number of alkyl halides is 3. The molecular weight excluding hydrogens is 393 g/mol. The molecule has 0 radical (unpaired) electrons. The topological polar surface area (TPSA) is 46.7 Å². The largest absolute Gasteiger partial charge is 0.463 e. The van der Waals surface area contributed by atoms with Crippen molar-refractivity contribution >= 4 is 5.91 Å².